The molecule has 3 aliphatic carbocycles. The molecule has 7 atom stereocenters. The van der Waals surface area contributed by atoms with Gasteiger partial charge in [-0.1, -0.05) is 20.8 Å². The highest BCUT2D eigenvalue weighted by Gasteiger charge is 2.72. The Morgan fingerprint density at radius 1 is 1.32 bits per heavy atom. The molecule has 0 aromatic carbocycles. The van der Waals surface area contributed by atoms with Crippen molar-refractivity contribution in [3.05, 3.63) is 0 Å². The molecule has 1 amide bonds. The lowest BCUT2D eigenvalue weighted by atomic mass is 9.66. The van der Waals surface area contributed by atoms with E-state index in [-0.39, 0.29) is 41.4 Å². The number of carbonyl (C=O) groups excluding carboxylic acids is 1. The highest BCUT2D eigenvalue weighted by Crippen LogP contribution is 2.70. The van der Waals surface area contributed by atoms with Gasteiger partial charge in [-0.15, -0.1) is 0 Å². The molecule has 4 rings (SSSR count). The van der Waals surface area contributed by atoms with Crippen LogP contribution < -0.4 is 0 Å². The normalized spacial score (nSPS) is 48.3. The number of hydrogen-bond donors (Lipinski definition) is 2. The molecule has 2 bridgehead atoms. The number of amides is 1. The van der Waals surface area contributed by atoms with Gasteiger partial charge in [0.15, 0.2) is 0 Å². The average molecular weight is 411 g/mol. The number of hydrogen-bond acceptors (Lipinski definition) is 6. The summed E-state index contributed by atoms with van der Waals surface area (Å²) < 4.78 is 27.4. The second-order valence-corrected chi connectivity index (χ2v) is 12.1. The fourth-order valence-corrected chi connectivity index (χ4v) is 9.57. The number of carbonyl (C=O) groups is 1. The quantitative estimate of drug-likeness (QED) is 0.707. The Kier molecular flexibility index (Phi) is 4.26. The molecule has 1 saturated heterocycles. The van der Waals surface area contributed by atoms with Crippen molar-refractivity contribution in [2.24, 2.45) is 34.5 Å². The molecule has 7 nitrogen and oxygen atoms in total. The summed E-state index contributed by atoms with van der Waals surface area (Å²) in [5.41, 5.74) is -2.01. The zero-order valence-corrected chi connectivity index (χ0v) is 17.6. The predicted octanol–water partition coefficient (Wildman–Crippen LogP) is 1.26. The summed E-state index contributed by atoms with van der Waals surface area (Å²) in [5.74, 6) is -1.80. The van der Waals surface area contributed by atoms with Crippen molar-refractivity contribution in [2.45, 2.75) is 64.5 Å². The molecule has 8 heteroatoms. The van der Waals surface area contributed by atoms with E-state index in [9.17, 15) is 28.7 Å². The summed E-state index contributed by atoms with van der Waals surface area (Å²) in [6.07, 6.45) is 2.76. The van der Waals surface area contributed by atoms with Crippen molar-refractivity contribution in [3.8, 4) is 6.07 Å². The van der Waals surface area contributed by atoms with Crippen molar-refractivity contribution >= 4 is 15.9 Å². The second-order valence-electron chi connectivity index (χ2n) is 10.2. The Balaban J connectivity index is 1.67. The van der Waals surface area contributed by atoms with Crippen molar-refractivity contribution in [2.75, 3.05) is 12.4 Å². The van der Waals surface area contributed by atoms with Gasteiger partial charge in [-0.2, -0.15) is 5.26 Å². The molecular formula is C20H30N2O5S. The smallest absolute Gasteiger partial charge is 0.239 e. The van der Waals surface area contributed by atoms with Crippen LogP contribution in [0.25, 0.3) is 0 Å². The van der Waals surface area contributed by atoms with Crippen LogP contribution in [0, 0.1) is 45.8 Å². The summed E-state index contributed by atoms with van der Waals surface area (Å²) in [7, 11) is -3.70. The zero-order chi connectivity index (χ0) is 20.7. The van der Waals surface area contributed by atoms with Gasteiger partial charge in [-0.25, -0.2) is 12.7 Å². The van der Waals surface area contributed by atoms with Gasteiger partial charge in [0, 0.05) is 11.3 Å². The first-order chi connectivity index (χ1) is 12.9. The molecule has 1 aliphatic heterocycles. The molecule has 0 radical (unpaired) electrons. The molecule has 0 aromatic rings. The van der Waals surface area contributed by atoms with Crippen LogP contribution in [0.4, 0.5) is 0 Å². The Labute approximate surface area is 166 Å². The second kappa shape index (κ2) is 5.93. The minimum absolute atomic E-state index is 0.0310. The summed E-state index contributed by atoms with van der Waals surface area (Å²) in [5, 5.41) is 29.6. The van der Waals surface area contributed by atoms with Gasteiger partial charge in [-0.05, 0) is 49.4 Å². The van der Waals surface area contributed by atoms with Gasteiger partial charge in [0.2, 0.25) is 15.9 Å². The van der Waals surface area contributed by atoms with Gasteiger partial charge < -0.3 is 10.2 Å². The van der Waals surface area contributed by atoms with Gasteiger partial charge in [-0.3, -0.25) is 4.79 Å². The van der Waals surface area contributed by atoms with Crippen LogP contribution in [0.2, 0.25) is 0 Å². The average Bonchev–Trinajstić information content (AvgIpc) is 3.08. The third kappa shape index (κ3) is 2.33. The lowest BCUT2D eigenvalue weighted by molar-refractivity contribution is -0.144. The van der Waals surface area contributed by atoms with Crippen LogP contribution in [0.15, 0.2) is 0 Å². The molecule has 4 aliphatic rings. The fraction of sp³-hybridized carbons (Fsp3) is 0.900. The molecule has 0 aromatic heterocycles. The van der Waals surface area contributed by atoms with Gasteiger partial charge in [0.25, 0.3) is 0 Å². The van der Waals surface area contributed by atoms with E-state index in [1.807, 2.05) is 6.07 Å². The molecule has 156 valence electrons. The van der Waals surface area contributed by atoms with Crippen molar-refractivity contribution < 1.29 is 23.4 Å². The zero-order valence-electron chi connectivity index (χ0n) is 16.8. The molecule has 28 heavy (non-hydrogen) atoms. The highest BCUT2D eigenvalue weighted by atomic mass is 32.2. The maximum atomic E-state index is 13.5. The van der Waals surface area contributed by atoms with E-state index in [4.69, 9.17) is 0 Å². The third-order valence-electron chi connectivity index (χ3n) is 8.88. The standard InChI is InChI=1S/C20H30N2O5S/c1-12-8-20(25,10-23)14(9-21)6-15(12)17(24)22-16-7-13-4-5-19(16,18(13,2)3)11-28(22,26)27/h12-16,23,25H,4-8,10-11H2,1-3H3/t12-,13+,14+,15-,16-,19-,20+/m0/s1. The van der Waals surface area contributed by atoms with Crippen LogP contribution >= 0.6 is 0 Å². The minimum Gasteiger partial charge on any atom is -0.393 e. The van der Waals surface area contributed by atoms with Gasteiger partial charge in [0.1, 0.15) is 5.60 Å². The monoisotopic (exact) mass is 410 g/mol. The van der Waals surface area contributed by atoms with E-state index in [0.29, 0.717) is 5.92 Å². The molecule has 3 saturated carbocycles. The van der Waals surface area contributed by atoms with E-state index in [2.05, 4.69) is 13.8 Å². The maximum Gasteiger partial charge on any atom is 0.239 e. The van der Waals surface area contributed by atoms with Gasteiger partial charge in [0.05, 0.1) is 30.4 Å². The van der Waals surface area contributed by atoms with E-state index in [1.165, 1.54) is 4.31 Å². The van der Waals surface area contributed by atoms with E-state index in [0.717, 1.165) is 19.3 Å². The largest absolute Gasteiger partial charge is 0.393 e. The van der Waals surface area contributed by atoms with Crippen molar-refractivity contribution in [1.82, 2.24) is 4.31 Å². The number of nitriles is 1. The highest BCUT2D eigenvalue weighted by molar-refractivity contribution is 7.90. The van der Waals surface area contributed by atoms with E-state index >= 15 is 0 Å². The van der Waals surface area contributed by atoms with Gasteiger partial charge >= 0.3 is 0 Å². The lowest BCUT2D eigenvalue weighted by Gasteiger charge is -2.43. The van der Waals surface area contributed by atoms with Crippen LogP contribution in [-0.4, -0.2) is 52.8 Å². The SMILES string of the molecule is C[C@H]1C[C@@](O)(CO)[C@@H](C#N)C[C@@H]1C(=O)N1[C@H]2C[C@H]3CC[C@@]2(CS1(=O)=O)C3(C)C. The lowest BCUT2D eigenvalue weighted by Crippen LogP contribution is -2.53. The minimum atomic E-state index is -3.70. The number of sulfonamides is 1. The predicted molar refractivity (Wildman–Crippen MR) is 101 cm³/mol. The van der Waals surface area contributed by atoms with Crippen molar-refractivity contribution in [3.63, 3.8) is 0 Å². The molecular weight excluding hydrogens is 380 g/mol. The topological polar surface area (TPSA) is 119 Å². The number of fused-ring (bicyclic) bond motifs is 1. The number of aliphatic hydroxyl groups excluding tert-OH is 1. The Morgan fingerprint density at radius 3 is 2.57 bits per heavy atom. The summed E-state index contributed by atoms with van der Waals surface area (Å²) >= 11 is 0. The number of rotatable bonds is 2. The summed E-state index contributed by atoms with van der Waals surface area (Å²) in [4.78, 5) is 13.5. The van der Waals surface area contributed by atoms with Crippen LogP contribution in [0.3, 0.4) is 0 Å². The summed E-state index contributed by atoms with van der Waals surface area (Å²) in [6, 6.07) is 1.73. The molecule has 1 spiro atoms. The van der Waals surface area contributed by atoms with Crippen molar-refractivity contribution in [1.29, 1.82) is 5.26 Å². The first kappa shape index (κ1) is 20.1. The molecule has 0 unspecified atom stereocenters. The maximum absolute atomic E-state index is 13.5. The van der Waals surface area contributed by atoms with E-state index in [1.54, 1.807) is 6.92 Å². The molecule has 1 heterocycles. The first-order valence-electron chi connectivity index (χ1n) is 10.2. The Hall–Kier alpha value is -1.17. The first-order valence-corrected chi connectivity index (χ1v) is 11.8. The molecule has 4 fully saturated rings. The summed E-state index contributed by atoms with van der Waals surface area (Å²) in [6.45, 7) is 5.54. The Bertz CT molecular complexity index is 849. The number of nitrogens with zero attached hydrogens (tertiary/aromatic N) is 2. The van der Waals surface area contributed by atoms with E-state index < -0.39 is 40.0 Å². The number of aliphatic hydroxyl groups is 2. The Morgan fingerprint density at radius 2 is 2.00 bits per heavy atom. The molecule has 2 N–H and O–H groups in total. The third-order valence-corrected chi connectivity index (χ3v) is 10.8. The van der Waals surface area contributed by atoms with Crippen LogP contribution in [0.5, 0.6) is 0 Å². The fourth-order valence-electron chi connectivity index (χ4n) is 6.98. The van der Waals surface area contributed by atoms with Crippen LogP contribution in [0.1, 0.15) is 52.9 Å². The van der Waals surface area contributed by atoms with Crippen LogP contribution in [-0.2, 0) is 14.8 Å².